The van der Waals surface area contributed by atoms with E-state index in [1.807, 2.05) is 6.07 Å². The van der Waals surface area contributed by atoms with Gasteiger partial charge in [-0.2, -0.15) is 0 Å². The molecule has 1 unspecified atom stereocenters. The van der Waals surface area contributed by atoms with E-state index in [-0.39, 0.29) is 11.9 Å². The first-order chi connectivity index (χ1) is 7.20. The standard InChI is InChI=1S/C11H13N3O/c1-14-10-6(3-2-4-13-10)7-5-8(7)9(12)11(14)15/h2-4,7-9H,5,12H2,1H3/t7-,8?,9-/m0/s1. The van der Waals surface area contributed by atoms with Gasteiger partial charge in [-0.3, -0.25) is 9.69 Å². The molecule has 4 nitrogen and oxygen atoms in total. The fourth-order valence-electron chi connectivity index (χ4n) is 2.46. The molecule has 1 amide bonds. The van der Waals surface area contributed by atoms with Crippen LogP contribution in [0.1, 0.15) is 17.9 Å². The molecule has 1 aromatic rings. The Morgan fingerprint density at radius 1 is 1.60 bits per heavy atom. The van der Waals surface area contributed by atoms with Crippen molar-refractivity contribution in [2.75, 3.05) is 11.9 Å². The summed E-state index contributed by atoms with van der Waals surface area (Å²) in [6.07, 6.45) is 2.75. The Labute approximate surface area is 88.1 Å². The van der Waals surface area contributed by atoms with E-state index in [0.29, 0.717) is 11.8 Å². The Bertz CT molecular complexity index is 432. The molecule has 2 N–H and O–H groups in total. The lowest BCUT2D eigenvalue weighted by Gasteiger charge is -2.19. The lowest BCUT2D eigenvalue weighted by atomic mass is 10.1. The van der Waals surface area contributed by atoms with Crippen molar-refractivity contribution >= 4 is 11.7 Å². The Balaban J connectivity index is 2.14. The van der Waals surface area contributed by atoms with Crippen LogP contribution in [0.2, 0.25) is 0 Å². The van der Waals surface area contributed by atoms with Gasteiger partial charge in [-0.15, -0.1) is 0 Å². The number of fused-ring (bicyclic) bond motifs is 3. The number of hydrogen-bond acceptors (Lipinski definition) is 3. The molecule has 0 radical (unpaired) electrons. The zero-order chi connectivity index (χ0) is 10.6. The minimum atomic E-state index is -0.353. The summed E-state index contributed by atoms with van der Waals surface area (Å²) < 4.78 is 0. The second-order valence-electron chi connectivity index (χ2n) is 4.35. The van der Waals surface area contributed by atoms with Gasteiger partial charge < -0.3 is 5.73 Å². The van der Waals surface area contributed by atoms with E-state index in [0.717, 1.165) is 12.2 Å². The van der Waals surface area contributed by atoms with E-state index in [9.17, 15) is 4.79 Å². The summed E-state index contributed by atoms with van der Waals surface area (Å²) in [4.78, 5) is 17.8. The van der Waals surface area contributed by atoms with Crippen LogP contribution in [0.15, 0.2) is 18.3 Å². The molecule has 15 heavy (non-hydrogen) atoms. The van der Waals surface area contributed by atoms with Crippen LogP contribution in [0.3, 0.4) is 0 Å². The van der Waals surface area contributed by atoms with Crippen molar-refractivity contribution in [3.63, 3.8) is 0 Å². The lowest BCUT2D eigenvalue weighted by Crippen LogP contribution is -2.42. The van der Waals surface area contributed by atoms with E-state index in [2.05, 4.69) is 11.1 Å². The molecule has 1 aromatic heterocycles. The van der Waals surface area contributed by atoms with E-state index >= 15 is 0 Å². The predicted molar refractivity (Wildman–Crippen MR) is 56.5 cm³/mol. The van der Waals surface area contributed by atoms with E-state index in [4.69, 9.17) is 5.73 Å². The minimum absolute atomic E-state index is 0.0139. The molecule has 2 heterocycles. The van der Waals surface area contributed by atoms with E-state index in [1.165, 1.54) is 5.56 Å². The highest BCUT2D eigenvalue weighted by Crippen LogP contribution is 2.53. The summed E-state index contributed by atoms with van der Waals surface area (Å²) in [5.74, 6) is 1.53. The average Bonchev–Trinajstić information content (AvgIpc) is 3.05. The molecule has 2 aliphatic rings. The number of pyridine rings is 1. The molecule has 0 aromatic carbocycles. The molecule has 1 aliphatic carbocycles. The third-order valence-corrected chi connectivity index (χ3v) is 3.45. The second-order valence-corrected chi connectivity index (χ2v) is 4.35. The highest BCUT2D eigenvalue weighted by atomic mass is 16.2. The Kier molecular flexibility index (Phi) is 1.65. The van der Waals surface area contributed by atoms with Crippen molar-refractivity contribution in [3.05, 3.63) is 23.9 Å². The summed E-state index contributed by atoms with van der Waals surface area (Å²) in [7, 11) is 1.75. The lowest BCUT2D eigenvalue weighted by molar-refractivity contribution is -0.119. The van der Waals surface area contributed by atoms with Crippen molar-refractivity contribution in [1.29, 1.82) is 0 Å². The van der Waals surface area contributed by atoms with Gasteiger partial charge in [0.2, 0.25) is 5.91 Å². The van der Waals surface area contributed by atoms with Crippen molar-refractivity contribution in [2.24, 2.45) is 11.7 Å². The number of rotatable bonds is 0. The molecule has 3 atom stereocenters. The molecule has 3 rings (SSSR count). The number of likely N-dealkylation sites (N-methyl/N-ethyl adjacent to an activating group) is 1. The van der Waals surface area contributed by atoms with Gasteiger partial charge in [0.25, 0.3) is 0 Å². The number of amides is 1. The molecule has 4 heteroatoms. The fraction of sp³-hybridized carbons (Fsp3) is 0.455. The van der Waals surface area contributed by atoms with Gasteiger partial charge in [0.05, 0.1) is 6.04 Å². The number of carbonyl (C=O) groups is 1. The number of aromatic nitrogens is 1. The first kappa shape index (κ1) is 8.85. The molecule has 78 valence electrons. The third-order valence-electron chi connectivity index (χ3n) is 3.45. The smallest absolute Gasteiger partial charge is 0.245 e. The quantitative estimate of drug-likeness (QED) is 0.667. The second kappa shape index (κ2) is 2.79. The van der Waals surface area contributed by atoms with Crippen LogP contribution in [-0.2, 0) is 4.79 Å². The summed E-state index contributed by atoms with van der Waals surface area (Å²) in [5, 5.41) is 0. The molecule has 1 saturated carbocycles. The summed E-state index contributed by atoms with van der Waals surface area (Å²) >= 11 is 0. The van der Waals surface area contributed by atoms with E-state index < -0.39 is 0 Å². The van der Waals surface area contributed by atoms with Gasteiger partial charge >= 0.3 is 0 Å². The summed E-state index contributed by atoms with van der Waals surface area (Å²) in [5.41, 5.74) is 7.09. The summed E-state index contributed by atoms with van der Waals surface area (Å²) in [6, 6.07) is 3.62. The minimum Gasteiger partial charge on any atom is -0.320 e. The van der Waals surface area contributed by atoms with Gasteiger partial charge in [0.1, 0.15) is 5.82 Å². The molecule has 0 bridgehead atoms. The monoisotopic (exact) mass is 203 g/mol. The Morgan fingerprint density at radius 3 is 3.20 bits per heavy atom. The maximum absolute atomic E-state index is 11.9. The van der Waals surface area contributed by atoms with Crippen molar-refractivity contribution in [2.45, 2.75) is 18.4 Å². The molecular weight excluding hydrogens is 190 g/mol. The zero-order valence-electron chi connectivity index (χ0n) is 8.55. The normalized spacial score (nSPS) is 33.1. The van der Waals surface area contributed by atoms with Crippen molar-refractivity contribution < 1.29 is 4.79 Å². The summed E-state index contributed by atoms with van der Waals surface area (Å²) in [6.45, 7) is 0. The SMILES string of the molecule is CN1C(=O)[C@@H](N)C2C[C@H]2c2cccnc21. The van der Waals surface area contributed by atoms with Crippen molar-refractivity contribution in [1.82, 2.24) is 4.98 Å². The van der Waals surface area contributed by atoms with Crippen LogP contribution in [0.5, 0.6) is 0 Å². The number of anilines is 1. The molecule has 1 fully saturated rings. The Morgan fingerprint density at radius 2 is 2.40 bits per heavy atom. The maximum atomic E-state index is 11.9. The van der Waals surface area contributed by atoms with Crippen LogP contribution in [0.4, 0.5) is 5.82 Å². The van der Waals surface area contributed by atoms with E-state index in [1.54, 1.807) is 18.1 Å². The average molecular weight is 203 g/mol. The third kappa shape index (κ3) is 1.11. The first-order valence-electron chi connectivity index (χ1n) is 5.18. The molecule has 0 spiro atoms. The zero-order valence-corrected chi connectivity index (χ0v) is 8.55. The Hall–Kier alpha value is -1.42. The largest absolute Gasteiger partial charge is 0.320 e. The van der Waals surface area contributed by atoms with Gasteiger partial charge in [-0.05, 0) is 29.9 Å². The van der Waals surface area contributed by atoms with Crippen LogP contribution in [0.25, 0.3) is 0 Å². The van der Waals surface area contributed by atoms with Crippen LogP contribution < -0.4 is 10.6 Å². The van der Waals surface area contributed by atoms with Gasteiger partial charge in [0, 0.05) is 13.2 Å². The first-order valence-corrected chi connectivity index (χ1v) is 5.18. The molecule has 0 saturated heterocycles. The highest BCUT2D eigenvalue weighted by Gasteiger charge is 2.50. The van der Waals surface area contributed by atoms with Gasteiger partial charge in [0.15, 0.2) is 0 Å². The van der Waals surface area contributed by atoms with Gasteiger partial charge in [-0.1, -0.05) is 6.07 Å². The topological polar surface area (TPSA) is 59.2 Å². The van der Waals surface area contributed by atoms with Crippen LogP contribution in [0, 0.1) is 5.92 Å². The molecular formula is C11H13N3O. The van der Waals surface area contributed by atoms with Gasteiger partial charge in [-0.25, -0.2) is 4.98 Å². The highest BCUT2D eigenvalue weighted by molar-refractivity contribution is 5.98. The maximum Gasteiger partial charge on any atom is 0.245 e. The van der Waals surface area contributed by atoms with Crippen molar-refractivity contribution in [3.8, 4) is 0 Å². The van der Waals surface area contributed by atoms with Crippen LogP contribution in [-0.4, -0.2) is 24.0 Å². The molecule has 1 aliphatic heterocycles. The van der Waals surface area contributed by atoms with Crippen LogP contribution >= 0.6 is 0 Å². The predicted octanol–water partition coefficient (Wildman–Crippen LogP) is 0.489. The number of nitrogens with two attached hydrogens (primary N) is 1. The number of carbonyl (C=O) groups excluding carboxylic acids is 1. The number of nitrogens with zero attached hydrogens (tertiary/aromatic N) is 2. The fourth-order valence-corrected chi connectivity index (χ4v) is 2.46. The number of hydrogen-bond donors (Lipinski definition) is 1.